The maximum Gasteiger partial charge on any atom is 0.252 e. The smallest absolute Gasteiger partial charge is 0.252 e. The van der Waals surface area contributed by atoms with Crippen LogP contribution in [-0.4, -0.2) is 11.0 Å². The molecular weight excluding hydrogens is 158 g/mol. The molecule has 1 aromatic rings. The van der Waals surface area contributed by atoms with Gasteiger partial charge in [0.1, 0.15) is 5.75 Å². The summed E-state index contributed by atoms with van der Waals surface area (Å²) in [6.07, 6.45) is 0. The first-order valence-electron chi connectivity index (χ1n) is 3.24. The number of amides is 1. The Hall–Kier alpha value is -1.75. The molecule has 5 heteroatoms. The quantitative estimate of drug-likeness (QED) is 0.278. The zero-order chi connectivity index (χ0) is 9.14. The summed E-state index contributed by atoms with van der Waals surface area (Å²) >= 11 is 0. The molecule has 1 aromatic carbocycles. The fourth-order valence-corrected chi connectivity index (χ4v) is 0.823. The highest BCUT2D eigenvalue weighted by Crippen LogP contribution is 2.19. The summed E-state index contributed by atoms with van der Waals surface area (Å²) < 4.78 is 0. The lowest BCUT2D eigenvalue weighted by Crippen LogP contribution is -2.13. The van der Waals surface area contributed by atoms with E-state index in [9.17, 15) is 4.79 Å². The number of anilines is 1. The topological polar surface area (TPSA) is 101 Å². The van der Waals surface area contributed by atoms with Crippen molar-refractivity contribution < 1.29 is 9.90 Å². The zero-order valence-corrected chi connectivity index (χ0v) is 6.24. The molecule has 0 aliphatic rings. The first-order valence-corrected chi connectivity index (χ1v) is 3.24. The van der Waals surface area contributed by atoms with E-state index in [2.05, 4.69) is 5.43 Å². The van der Waals surface area contributed by atoms with E-state index in [0.717, 1.165) is 0 Å². The molecule has 0 saturated heterocycles. The molecule has 0 saturated carbocycles. The SMILES string of the molecule is NNc1ccc(O)c(C(N)=O)c1. The van der Waals surface area contributed by atoms with Crippen LogP contribution in [0.1, 0.15) is 10.4 Å². The van der Waals surface area contributed by atoms with Crippen LogP contribution in [0.15, 0.2) is 18.2 Å². The highest BCUT2D eigenvalue weighted by Gasteiger charge is 2.06. The van der Waals surface area contributed by atoms with Crippen LogP contribution in [-0.2, 0) is 0 Å². The van der Waals surface area contributed by atoms with E-state index in [1.54, 1.807) is 0 Å². The van der Waals surface area contributed by atoms with E-state index in [1.807, 2.05) is 0 Å². The van der Waals surface area contributed by atoms with Gasteiger partial charge in [0, 0.05) is 5.69 Å². The highest BCUT2D eigenvalue weighted by atomic mass is 16.3. The summed E-state index contributed by atoms with van der Waals surface area (Å²) in [4.78, 5) is 10.7. The minimum Gasteiger partial charge on any atom is -0.507 e. The van der Waals surface area contributed by atoms with E-state index >= 15 is 0 Å². The number of carbonyl (C=O) groups excluding carboxylic acids is 1. The fraction of sp³-hybridized carbons (Fsp3) is 0. The molecule has 0 radical (unpaired) electrons. The third kappa shape index (κ3) is 1.46. The summed E-state index contributed by atoms with van der Waals surface area (Å²) in [5.41, 5.74) is 7.86. The van der Waals surface area contributed by atoms with Crippen molar-refractivity contribution in [3.05, 3.63) is 23.8 Å². The van der Waals surface area contributed by atoms with Gasteiger partial charge in [-0.1, -0.05) is 0 Å². The van der Waals surface area contributed by atoms with Crippen LogP contribution in [0.4, 0.5) is 5.69 Å². The van der Waals surface area contributed by atoms with Crippen LogP contribution in [0.2, 0.25) is 0 Å². The van der Waals surface area contributed by atoms with Gasteiger partial charge in [0.05, 0.1) is 5.56 Å². The van der Waals surface area contributed by atoms with Crippen molar-refractivity contribution in [1.82, 2.24) is 0 Å². The predicted molar refractivity (Wildman–Crippen MR) is 44.4 cm³/mol. The lowest BCUT2D eigenvalue weighted by atomic mass is 10.1. The second-order valence-corrected chi connectivity index (χ2v) is 2.24. The van der Waals surface area contributed by atoms with Crippen molar-refractivity contribution in [2.75, 3.05) is 5.43 Å². The van der Waals surface area contributed by atoms with Gasteiger partial charge in [0.2, 0.25) is 0 Å². The molecule has 0 spiro atoms. The first kappa shape index (κ1) is 8.35. The number of nitrogens with one attached hydrogen (secondary N) is 1. The Morgan fingerprint density at radius 2 is 2.17 bits per heavy atom. The minimum atomic E-state index is -0.690. The molecule has 12 heavy (non-hydrogen) atoms. The number of carbonyl (C=O) groups is 1. The molecule has 64 valence electrons. The standard InChI is InChI=1S/C7H9N3O2/c8-7(12)5-3-4(10-9)1-2-6(5)11/h1-3,10-11H,9H2,(H2,8,12). The summed E-state index contributed by atoms with van der Waals surface area (Å²) in [7, 11) is 0. The van der Waals surface area contributed by atoms with Gasteiger partial charge in [0.15, 0.2) is 0 Å². The van der Waals surface area contributed by atoms with E-state index in [0.29, 0.717) is 5.69 Å². The predicted octanol–water partition coefficient (Wildman–Crippen LogP) is -0.223. The van der Waals surface area contributed by atoms with Crippen LogP contribution in [0.5, 0.6) is 5.75 Å². The van der Waals surface area contributed by atoms with Crippen molar-refractivity contribution >= 4 is 11.6 Å². The minimum absolute atomic E-state index is 0.0467. The van der Waals surface area contributed by atoms with Gasteiger partial charge < -0.3 is 16.3 Å². The fourth-order valence-electron chi connectivity index (χ4n) is 0.823. The highest BCUT2D eigenvalue weighted by molar-refractivity contribution is 5.96. The summed E-state index contributed by atoms with van der Waals surface area (Å²) in [6, 6.07) is 4.24. The van der Waals surface area contributed by atoms with Crippen molar-refractivity contribution in [1.29, 1.82) is 0 Å². The molecule has 6 N–H and O–H groups in total. The van der Waals surface area contributed by atoms with Gasteiger partial charge in [-0.2, -0.15) is 0 Å². The summed E-state index contributed by atoms with van der Waals surface area (Å²) in [6.45, 7) is 0. The molecule has 0 aliphatic carbocycles. The molecule has 0 heterocycles. The second kappa shape index (κ2) is 3.10. The number of aromatic hydroxyl groups is 1. The van der Waals surface area contributed by atoms with Gasteiger partial charge in [0.25, 0.3) is 5.91 Å². The Morgan fingerprint density at radius 1 is 1.50 bits per heavy atom. The van der Waals surface area contributed by atoms with Crippen molar-refractivity contribution in [2.24, 2.45) is 11.6 Å². The van der Waals surface area contributed by atoms with Crippen molar-refractivity contribution in [2.45, 2.75) is 0 Å². The van der Waals surface area contributed by atoms with E-state index < -0.39 is 5.91 Å². The third-order valence-electron chi connectivity index (χ3n) is 1.43. The lowest BCUT2D eigenvalue weighted by molar-refractivity contribution is 0.0998. The Labute approximate surface area is 69.0 Å². The summed E-state index contributed by atoms with van der Waals surface area (Å²) in [5.74, 6) is 4.24. The Bertz CT molecular complexity index is 312. The molecule has 0 unspecified atom stereocenters. The number of hydrazine groups is 1. The van der Waals surface area contributed by atoms with Crippen LogP contribution in [0, 0.1) is 0 Å². The monoisotopic (exact) mass is 167 g/mol. The largest absolute Gasteiger partial charge is 0.507 e. The van der Waals surface area contributed by atoms with Crippen LogP contribution >= 0.6 is 0 Å². The number of primary amides is 1. The van der Waals surface area contributed by atoms with Crippen LogP contribution in [0.25, 0.3) is 0 Å². The maximum absolute atomic E-state index is 10.7. The van der Waals surface area contributed by atoms with Crippen LogP contribution in [0.3, 0.4) is 0 Å². The molecule has 0 atom stereocenters. The Morgan fingerprint density at radius 3 is 2.67 bits per heavy atom. The Kier molecular flexibility index (Phi) is 2.16. The zero-order valence-electron chi connectivity index (χ0n) is 6.24. The average Bonchev–Trinajstić information content (AvgIpc) is 2.05. The molecule has 0 aromatic heterocycles. The molecule has 5 nitrogen and oxygen atoms in total. The van der Waals surface area contributed by atoms with Crippen molar-refractivity contribution in [3.63, 3.8) is 0 Å². The van der Waals surface area contributed by atoms with Gasteiger partial charge in [-0.3, -0.25) is 10.6 Å². The number of hydrogen-bond acceptors (Lipinski definition) is 4. The van der Waals surface area contributed by atoms with Gasteiger partial charge >= 0.3 is 0 Å². The summed E-state index contributed by atoms with van der Waals surface area (Å²) in [5, 5.41) is 9.13. The van der Waals surface area contributed by atoms with Gasteiger partial charge in [-0.25, -0.2) is 0 Å². The third-order valence-corrected chi connectivity index (χ3v) is 1.43. The lowest BCUT2D eigenvalue weighted by Gasteiger charge is -2.03. The molecule has 0 fully saturated rings. The maximum atomic E-state index is 10.7. The second-order valence-electron chi connectivity index (χ2n) is 2.24. The molecule has 1 rings (SSSR count). The Balaban J connectivity index is 3.17. The molecule has 0 bridgehead atoms. The molecule has 0 aliphatic heterocycles. The van der Waals surface area contributed by atoms with E-state index in [-0.39, 0.29) is 11.3 Å². The first-order chi connectivity index (χ1) is 5.65. The van der Waals surface area contributed by atoms with Crippen LogP contribution < -0.4 is 17.0 Å². The normalized spacial score (nSPS) is 9.42. The van der Waals surface area contributed by atoms with Gasteiger partial charge in [-0.05, 0) is 18.2 Å². The number of phenols is 1. The number of rotatable bonds is 2. The number of hydrogen-bond donors (Lipinski definition) is 4. The number of benzene rings is 1. The number of nitrogen functional groups attached to an aromatic ring is 1. The van der Waals surface area contributed by atoms with E-state index in [1.165, 1.54) is 18.2 Å². The average molecular weight is 167 g/mol. The molecular formula is C7H9N3O2. The number of nitrogens with two attached hydrogens (primary N) is 2. The van der Waals surface area contributed by atoms with E-state index in [4.69, 9.17) is 16.7 Å². The molecule has 1 amide bonds. The van der Waals surface area contributed by atoms with Crippen molar-refractivity contribution in [3.8, 4) is 5.75 Å². The van der Waals surface area contributed by atoms with Gasteiger partial charge in [-0.15, -0.1) is 0 Å².